The van der Waals surface area contributed by atoms with Gasteiger partial charge in [-0.3, -0.25) is 4.98 Å². The smallest absolute Gasteiger partial charge is 0.493 e. The molecular formula is C20H17F6NO5. The van der Waals surface area contributed by atoms with E-state index in [-0.39, 0.29) is 5.75 Å². The third-order valence-corrected chi connectivity index (χ3v) is 4.04. The highest BCUT2D eigenvalue weighted by Gasteiger charge is 2.51. The number of alkyl halides is 6. The number of hydrogen-bond acceptors (Lipinski definition) is 6. The van der Waals surface area contributed by atoms with Crippen LogP contribution in [-0.4, -0.2) is 41.8 Å². The summed E-state index contributed by atoms with van der Waals surface area (Å²) in [6.07, 6.45) is -14.1. The van der Waals surface area contributed by atoms with Gasteiger partial charge in [0.25, 0.3) is 0 Å². The lowest BCUT2D eigenvalue weighted by molar-refractivity contribution is -0.514. The van der Waals surface area contributed by atoms with Crippen molar-refractivity contribution >= 4 is 11.0 Å². The van der Waals surface area contributed by atoms with E-state index in [0.717, 1.165) is 5.56 Å². The Bertz CT molecular complexity index is 1030. The molecule has 0 saturated heterocycles. The highest BCUT2D eigenvalue weighted by atomic mass is 19.3. The number of halogens is 6. The molecule has 3 rings (SSSR count). The number of rotatable bonds is 11. The predicted molar refractivity (Wildman–Crippen MR) is 98.3 cm³/mol. The summed E-state index contributed by atoms with van der Waals surface area (Å²) >= 11 is 0. The summed E-state index contributed by atoms with van der Waals surface area (Å²) in [5, 5.41) is 9.06. The molecule has 1 N–H and O–H groups in total. The topological polar surface area (TPSA) is 74.0 Å². The Balaban J connectivity index is 1.57. The van der Waals surface area contributed by atoms with Crippen LogP contribution in [0, 0.1) is 0 Å². The van der Waals surface area contributed by atoms with Crippen molar-refractivity contribution in [1.29, 1.82) is 0 Å². The maximum Gasteiger partial charge on any atom is 0.494 e. The second kappa shape index (κ2) is 9.35. The molecule has 0 saturated carbocycles. The van der Waals surface area contributed by atoms with Crippen LogP contribution in [0.1, 0.15) is 12.8 Å². The third-order valence-electron chi connectivity index (χ3n) is 4.04. The number of benzene rings is 1. The zero-order valence-corrected chi connectivity index (χ0v) is 16.2. The van der Waals surface area contributed by atoms with Crippen molar-refractivity contribution in [2.24, 2.45) is 0 Å². The number of fused-ring (bicyclic) bond motifs is 1. The number of ether oxygens (including phenoxy) is 3. The van der Waals surface area contributed by atoms with E-state index >= 15 is 0 Å². The van der Waals surface area contributed by atoms with Crippen LogP contribution in [0.2, 0.25) is 0 Å². The number of pyridine rings is 1. The van der Waals surface area contributed by atoms with Crippen LogP contribution in [0.3, 0.4) is 0 Å². The van der Waals surface area contributed by atoms with Crippen LogP contribution >= 0.6 is 0 Å². The molecular weight excluding hydrogens is 448 g/mol. The lowest BCUT2D eigenvalue weighted by Gasteiger charge is -2.26. The van der Waals surface area contributed by atoms with Crippen molar-refractivity contribution in [2.45, 2.75) is 31.4 Å². The molecule has 0 radical (unpaired) electrons. The minimum absolute atomic E-state index is 0.109. The van der Waals surface area contributed by atoms with Crippen LogP contribution in [0.4, 0.5) is 26.3 Å². The third kappa shape index (κ3) is 6.58. The molecule has 2 heterocycles. The molecule has 174 valence electrons. The van der Waals surface area contributed by atoms with E-state index < -0.39 is 44.6 Å². The van der Waals surface area contributed by atoms with Gasteiger partial charge in [-0.25, -0.2) is 9.47 Å². The van der Waals surface area contributed by atoms with Crippen LogP contribution in [0.25, 0.3) is 22.3 Å². The van der Waals surface area contributed by atoms with E-state index in [9.17, 15) is 26.3 Å². The average Bonchev–Trinajstić information content (AvgIpc) is 3.10. The van der Waals surface area contributed by atoms with Gasteiger partial charge >= 0.3 is 18.5 Å². The van der Waals surface area contributed by atoms with Gasteiger partial charge in [0.05, 0.1) is 26.1 Å². The Morgan fingerprint density at radius 2 is 1.66 bits per heavy atom. The second-order valence-electron chi connectivity index (χ2n) is 6.57. The van der Waals surface area contributed by atoms with Gasteiger partial charge in [-0.15, -0.1) is 8.78 Å². The molecule has 3 aromatic rings. The zero-order chi connectivity index (χ0) is 23.4. The van der Waals surface area contributed by atoms with Gasteiger partial charge in [0, 0.05) is 29.4 Å². The molecule has 12 heteroatoms. The molecule has 32 heavy (non-hydrogen) atoms. The number of aromatic nitrogens is 1. The van der Waals surface area contributed by atoms with Crippen LogP contribution in [0.15, 0.2) is 53.2 Å². The molecule has 0 aliphatic heterocycles. The standard InChI is InChI=1S/C20H17F6NO5/c21-18(22,5-8-28)31-20(25,26)32-19(23,24)6-9-29-15-4-3-13-10-16(30-17(13)11-15)14-2-1-7-27-12-14/h1-4,7,10-12,28H,5-6,8-9H2. The first-order chi connectivity index (χ1) is 15.0. The summed E-state index contributed by atoms with van der Waals surface area (Å²) < 4.78 is 96.7. The first-order valence-corrected chi connectivity index (χ1v) is 9.20. The molecule has 0 aliphatic rings. The van der Waals surface area contributed by atoms with E-state index in [2.05, 4.69) is 14.5 Å². The summed E-state index contributed by atoms with van der Waals surface area (Å²) in [6.45, 7) is -1.98. The fourth-order valence-corrected chi connectivity index (χ4v) is 2.64. The zero-order valence-electron chi connectivity index (χ0n) is 16.2. The van der Waals surface area contributed by atoms with Crippen molar-refractivity contribution < 1.29 is 50.1 Å². The largest absolute Gasteiger partial charge is 0.494 e. The maximum absolute atomic E-state index is 13.6. The predicted octanol–water partition coefficient (Wildman–Crippen LogP) is 5.42. The minimum Gasteiger partial charge on any atom is -0.493 e. The van der Waals surface area contributed by atoms with E-state index in [1.165, 1.54) is 12.1 Å². The lowest BCUT2D eigenvalue weighted by Crippen LogP contribution is -2.41. The average molecular weight is 465 g/mol. The number of furan rings is 1. The number of aliphatic hydroxyl groups excluding tert-OH is 1. The summed E-state index contributed by atoms with van der Waals surface area (Å²) in [5.41, 5.74) is 1.10. The molecule has 0 spiro atoms. The van der Waals surface area contributed by atoms with E-state index in [4.69, 9.17) is 14.3 Å². The maximum atomic E-state index is 13.6. The minimum atomic E-state index is -5.29. The number of nitrogens with zero attached hydrogens (tertiary/aromatic N) is 1. The Morgan fingerprint density at radius 1 is 0.938 bits per heavy atom. The molecule has 6 nitrogen and oxygen atoms in total. The van der Waals surface area contributed by atoms with Gasteiger partial charge < -0.3 is 14.3 Å². The Kier molecular flexibility index (Phi) is 6.96. The van der Waals surface area contributed by atoms with Gasteiger partial charge in [0.1, 0.15) is 17.1 Å². The van der Waals surface area contributed by atoms with Crippen molar-refractivity contribution in [3.05, 3.63) is 48.8 Å². The fourth-order valence-electron chi connectivity index (χ4n) is 2.64. The van der Waals surface area contributed by atoms with E-state index in [1.54, 1.807) is 36.7 Å². The quantitative estimate of drug-likeness (QED) is 0.301. The molecule has 0 amide bonds. The molecule has 0 fully saturated rings. The van der Waals surface area contributed by atoms with E-state index in [0.29, 0.717) is 16.7 Å². The van der Waals surface area contributed by atoms with Crippen LogP contribution in [0.5, 0.6) is 5.75 Å². The first-order valence-electron chi connectivity index (χ1n) is 9.20. The Morgan fingerprint density at radius 3 is 2.31 bits per heavy atom. The van der Waals surface area contributed by atoms with Gasteiger partial charge in [-0.1, -0.05) is 0 Å². The number of aliphatic hydroxyl groups is 1. The fraction of sp³-hybridized carbons (Fsp3) is 0.350. The van der Waals surface area contributed by atoms with Gasteiger partial charge in [0.2, 0.25) is 0 Å². The Hall–Kier alpha value is -2.83. The molecule has 0 unspecified atom stereocenters. The lowest BCUT2D eigenvalue weighted by atomic mass is 10.2. The summed E-state index contributed by atoms with van der Waals surface area (Å²) in [4.78, 5) is 3.98. The van der Waals surface area contributed by atoms with Gasteiger partial charge in [0.15, 0.2) is 0 Å². The molecule has 1 aromatic carbocycles. The summed E-state index contributed by atoms with van der Waals surface area (Å²) in [7, 11) is 0. The monoisotopic (exact) mass is 465 g/mol. The summed E-state index contributed by atoms with van der Waals surface area (Å²) in [6, 6.07) is 9.73. The van der Waals surface area contributed by atoms with Gasteiger partial charge in [-0.05, 0) is 30.3 Å². The van der Waals surface area contributed by atoms with Crippen molar-refractivity contribution in [2.75, 3.05) is 13.2 Å². The molecule has 0 aliphatic carbocycles. The highest BCUT2D eigenvalue weighted by molar-refractivity contribution is 5.83. The van der Waals surface area contributed by atoms with E-state index in [1.807, 2.05) is 0 Å². The molecule has 0 bridgehead atoms. The Labute approximate surface area is 177 Å². The van der Waals surface area contributed by atoms with Crippen molar-refractivity contribution in [1.82, 2.24) is 4.98 Å². The highest BCUT2D eigenvalue weighted by Crippen LogP contribution is 2.36. The SMILES string of the molecule is OCCC(F)(F)OC(F)(F)OC(F)(F)CCOc1ccc2cc(-c3cccnc3)oc2c1. The number of hydrogen-bond donors (Lipinski definition) is 1. The second-order valence-corrected chi connectivity index (χ2v) is 6.57. The molecule has 2 aromatic heterocycles. The van der Waals surface area contributed by atoms with Crippen LogP contribution in [-0.2, 0) is 9.47 Å². The normalized spacial score (nSPS) is 13.0. The van der Waals surface area contributed by atoms with Gasteiger partial charge in [-0.2, -0.15) is 17.6 Å². The van der Waals surface area contributed by atoms with Crippen LogP contribution < -0.4 is 4.74 Å². The van der Waals surface area contributed by atoms with Crippen molar-refractivity contribution in [3.63, 3.8) is 0 Å². The summed E-state index contributed by atoms with van der Waals surface area (Å²) in [5.74, 6) is 0.628. The molecule has 0 atom stereocenters. The van der Waals surface area contributed by atoms with Crippen molar-refractivity contribution in [3.8, 4) is 17.1 Å². The first kappa shape index (κ1) is 23.8.